The molecule has 3 nitrogen and oxygen atoms in total. The van der Waals surface area contributed by atoms with Gasteiger partial charge < -0.3 is 10.8 Å². The van der Waals surface area contributed by atoms with Crippen LogP contribution in [0.3, 0.4) is 0 Å². The second-order valence-electron chi connectivity index (χ2n) is 3.99. The van der Waals surface area contributed by atoms with E-state index in [2.05, 4.69) is 0 Å². The Bertz CT molecular complexity index is 164. The molecule has 0 bridgehead atoms. The second kappa shape index (κ2) is 5.22. The maximum absolute atomic E-state index is 10.3. The number of carbonyl (C=O) groups is 1. The highest BCUT2D eigenvalue weighted by atomic mass is 16.4. The third-order valence-corrected chi connectivity index (χ3v) is 2.93. The zero-order valence-corrected chi connectivity index (χ0v) is 8.04. The number of carboxylic acid groups (broad SMARTS) is 1. The van der Waals surface area contributed by atoms with E-state index in [0.717, 1.165) is 12.8 Å². The average molecular weight is 185 g/mol. The molecule has 0 aromatic heterocycles. The normalized spacial score (nSPS) is 20.4. The number of hydrogen-bond acceptors (Lipinski definition) is 2. The van der Waals surface area contributed by atoms with Gasteiger partial charge in [-0.25, -0.2) is 0 Å². The molecule has 1 saturated carbocycles. The van der Waals surface area contributed by atoms with Gasteiger partial charge in [-0.1, -0.05) is 12.8 Å². The third kappa shape index (κ3) is 3.77. The molecular formula is C10H19NO2. The summed E-state index contributed by atoms with van der Waals surface area (Å²) in [6, 6.07) is 0.238. The topological polar surface area (TPSA) is 63.3 Å². The summed E-state index contributed by atoms with van der Waals surface area (Å²) < 4.78 is 0. The van der Waals surface area contributed by atoms with Crippen molar-refractivity contribution in [2.75, 3.05) is 0 Å². The van der Waals surface area contributed by atoms with Crippen LogP contribution in [-0.2, 0) is 4.79 Å². The van der Waals surface area contributed by atoms with Gasteiger partial charge >= 0.3 is 5.97 Å². The Morgan fingerprint density at radius 3 is 2.62 bits per heavy atom. The lowest BCUT2D eigenvalue weighted by Crippen LogP contribution is -2.28. The number of aliphatic carboxylic acids is 1. The summed E-state index contributed by atoms with van der Waals surface area (Å²) in [5.41, 5.74) is 5.97. The van der Waals surface area contributed by atoms with Gasteiger partial charge in [0, 0.05) is 12.5 Å². The Morgan fingerprint density at radius 1 is 1.46 bits per heavy atom. The molecule has 1 unspecified atom stereocenters. The van der Waals surface area contributed by atoms with Crippen molar-refractivity contribution in [1.29, 1.82) is 0 Å². The molecule has 1 aliphatic carbocycles. The molecule has 1 rings (SSSR count). The van der Waals surface area contributed by atoms with Crippen LogP contribution in [0.2, 0.25) is 0 Å². The van der Waals surface area contributed by atoms with Gasteiger partial charge in [0.25, 0.3) is 0 Å². The Kier molecular flexibility index (Phi) is 4.22. The lowest BCUT2D eigenvalue weighted by molar-refractivity contribution is -0.137. The average Bonchev–Trinajstić information content (AvgIpc) is 2.55. The zero-order chi connectivity index (χ0) is 9.68. The second-order valence-corrected chi connectivity index (χ2v) is 3.99. The fourth-order valence-electron chi connectivity index (χ4n) is 2.11. The van der Waals surface area contributed by atoms with Gasteiger partial charge in [-0.3, -0.25) is 4.79 Å². The molecule has 3 N–H and O–H groups in total. The van der Waals surface area contributed by atoms with E-state index in [1.54, 1.807) is 0 Å². The van der Waals surface area contributed by atoms with Gasteiger partial charge in [-0.15, -0.1) is 0 Å². The minimum absolute atomic E-state index is 0.238. The van der Waals surface area contributed by atoms with Crippen LogP contribution in [0.1, 0.15) is 44.9 Å². The van der Waals surface area contributed by atoms with Crippen LogP contribution in [0.4, 0.5) is 0 Å². The van der Waals surface area contributed by atoms with Gasteiger partial charge in [0.1, 0.15) is 0 Å². The summed E-state index contributed by atoms with van der Waals surface area (Å²) in [6.45, 7) is 0. The molecule has 0 radical (unpaired) electrons. The third-order valence-electron chi connectivity index (χ3n) is 2.93. The summed E-state index contributed by atoms with van der Waals surface area (Å²) in [7, 11) is 0. The van der Waals surface area contributed by atoms with Crippen molar-refractivity contribution in [2.24, 2.45) is 11.7 Å². The minimum Gasteiger partial charge on any atom is -0.481 e. The van der Waals surface area contributed by atoms with E-state index < -0.39 is 5.97 Å². The van der Waals surface area contributed by atoms with Gasteiger partial charge in [-0.2, -0.15) is 0 Å². The molecular weight excluding hydrogens is 166 g/mol. The minimum atomic E-state index is -0.710. The van der Waals surface area contributed by atoms with Crippen LogP contribution in [0, 0.1) is 5.92 Å². The number of carboxylic acids is 1. The van der Waals surface area contributed by atoms with E-state index in [4.69, 9.17) is 10.8 Å². The molecule has 0 spiro atoms. The molecule has 76 valence electrons. The Morgan fingerprint density at radius 2 is 2.08 bits per heavy atom. The van der Waals surface area contributed by atoms with Gasteiger partial charge in [0.2, 0.25) is 0 Å². The molecule has 3 heteroatoms. The van der Waals surface area contributed by atoms with E-state index in [1.807, 2.05) is 0 Å². The summed E-state index contributed by atoms with van der Waals surface area (Å²) in [4.78, 5) is 10.3. The fraction of sp³-hybridized carbons (Fsp3) is 0.900. The Hall–Kier alpha value is -0.570. The van der Waals surface area contributed by atoms with Crippen molar-refractivity contribution in [3.05, 3.63) is 0 Å². The highest BCUT2D eigenvalue weighted by Gasteiger charge is 2.21. The van der Waals surface area contributed by atoms with Crippen LogP contribution in [0.5, 0.6) is 0 Å². The first kappa shape index (κ1) is 10.5. The predicted octanol–water partition coefficient (Wildman–Crippen LogP) is 1.76. The molecule has 0 aliphatic heterocycles. The van der Waals surface area contributed by atoms with Crippen molar-refractivity contribution in [2.45, 2.75) is 51.0 Å². The maximum Gasteiger partial charge on any atom is 0.303 e. The molecule has 1 atom stereocenters. The molecule has 1 fully saturated rings. The van der Waals surface area contributed by atoms with E-state index in [0.29, 0.717) is 5.92 Å². The largest absolute Gasteiger partial charge is 0.481 e. The number of hydrogen-bond donors (Lipinski definition) is 2. The van der Waals surface area contributed by atoms with Gasteiger partial charge in [-0.05, 0) is 31.6 Å². The van der Waals surface area contributed by atoms with E-state index >= 15 is 0 Å². The van der Waals surface area contributed by atoms with E-state index in [1.165, 1.54) is 25.7 Å². The summed E-state index contributed by atoms with van der Waals surface area (Å²) in [5.74, 6) is -0.0487. The molecule has 13 heavy (non-hydrogen) atoms. The monoisotopic (exact) mass is 185 g/mol. The highest BCUT2D eigenvalue weighted by molar-refractivity contribution is 5.66. The van der Waals surface area contributed by atoms with Crippen molar-refractivity contribution in [3.8, 4) is 0 Å². The molecule has 1 aliphatic rings. The summed E-state index contributed by atoms with van der Waals surface area (Å²) in [5, 5.41) is 8.45. The first-order valence-electron chi connectivity index (χ1n) is 5.17. The smallest absolute Gasteiger partial charge is 0.303 e. The van der Waals surface area contributed by atoms with Crippen molar-refractivity contribution in [1.82, 2.24) is 0 Å². The standard InChI is InChI=1S/C10H19NO2/c11-9(6-3-7-10(12)13)8-4-1-2-5-8/h8-9H,1-7,11H2,(H,12,13). The first-order valence-corrected chi connectivity index (χ1v) is 5.17. The number of nitrogens with two attached hydrogens (primary N) is 1. The van der Waals surface area contributed by atoms with Crippen LogP contribution in [0.25, 0.3) is 0 Å². The van der Waals surface area contributed by atoms with E-state index in [-0.39, 0.29) is 12.5 Å². The molecule has 0 aromatic carbocycles. The first-order chi connectivity index (χ1) is 6.20. The number of rotatable bonds is 5. The lowest BCUT2D eigenvalue weighted by atomic mass is 9.94. The fourth-order valence-corrected chi connectivity index (χ4v) is 2.11. The summed E-state index contributed by atoms with van der Waals surface area (Å²) >= 11 is 0. The van der Waals surface area contributed by atoms with Crippen molar-refractivity contribution >= 4 is 5.97 Å². The Labute approximate surface area is 79.3 Å². The predicted molar refractivity (Wildman–Crippen MR) is 51.4 cm³/mol. The lowest BCUT2D eigenvalue weighted by Gasteiger charge is -2.17. The summed E-state index contributed by atoms with van der Waals surface area (Å²) in [6.07, 6.45) is 6.96. The Balaban J connectivity index is 2.09. The van der Waals surface area contributed by atoms with Crippen LogP contribution in [-0.4, -0.2) is 17.1 Å². The van der Waals surface area contributed by atoms with Gasteiger partial charge in [0.15, 0.2) is 0 Å². The molecule has 0 saturated heterocycles. The van der Waals surface area contributed by atoms with Crippen LogP contribution in [0.15, 0.2) is 0 Å². The molecule has 0 heterocycles. The zero-order valence-electron chi connectivity index (χ0n) is 8.04. The van der Waals surface area contributed by atoms with Crippen molar-refractivity contribution < 1.29 is 9.90 Å². The quantitative estimate of drug-likeness (QED) is 0.686. The SMILES string of the molecule is NC(CCCC(=O)O)C1CCCC1. The van der Waals surface area contributed by atoms with Crippen LogP contribution < -0.4 is 5.73 Å². The van der Waals surface area contributed by atoms with Gasteiger partial charge in [0.05, 0.1) is 0 Å². The van der Waals surface area contributed by atoms with Crippen molar-refractivity contribution in [3.63, 3.8) is 0 Å². The highest BCUT2D eigenvalue weighted by Crippen LogP contribution is 2.28. The molecule has 0 aromatic rings. The molecule has 0 amide bonds. The van der Waals surface area contributed by atoms with Crippen LogP contribution >= 0.6 is 0 Å². The maximum atomic E-state index is 10.3. The van der Waals surface area contributed by atoms with E-state index in [9.17, 15) is 4.79 Å².